The van der Waals surface area contributed by atoms with Gasteiger partial charge in [-0.25, -0.2) is 0 Å². The molecular formula is C23H31N3O5. The lowest BCUT2D eigenvalue weighted by atomic mass is 9.81. The van der Waals surface area contributed by atoms with E-state index in [1.54, 1.807) is 0 Å². The van der Waals surface area contributed by atoms with Crippen molar-refractivity contribution in [2.45, 2.75) is 58.8 Å². The summed E-state index contributed by atoms with van der Waals surface area (Å²) >= 11 is 0. The molecule has 3 rings (SSSR count). The first-order valence-corrected chi connectivity index (χ1v) is 10.9. The first kappa shape index (κ1) is 22.8. The smallest absolute Gasteiger partial charge is 0.276 e. The van der Waals surface area contributed by atoms with Crippen molar-refractivity contribution in [2.24, 2.45) is 11.8 Å². The molecule has 2 fully saturated rings. The van der Waals surface area contributed by atoms with E-state index in [0.717, 1.165) is 36.8 Å². The van der Waals surface area contributed by atoms with Crippen LogP contribution in [0.5, 0.6) is 5.75 Å². The zero-order valence-electron chi connectivity index (χ0n) is 18.4. The van der Waals surface area contributed by atoms with Crippen molar-refractivity contribution < 1.29 is 23.9 Å². The number of hydrogen-bond acceptors (Lipinski definition) is 5. The summed E-state index contributed by atoms with van der Waals surface area (Å²) in [6.07, 6.45) is 3.35. The molecule has 0 aromatic heterocycles. The summed E-state index contributed by atoms with van der Waals surface area (Å²) in [5.74, 6) is -0.858. The molecule has 1 aliphatic heterocycles. The van der Waals surface area contributed by atoms with Crippen LogP contribution in [0, 0.1) is 18.8 Å². The SMILES string of the molecule is Cc1ccc(C(C)C)c(OCC(=O)NNC(=O)CCN2C(=O)[C@@H]3CCCC[C@H]3C2=O)c1. The van der Waals surface area contributed by atoms with Crippen LogP contribution in [0.3, 0.4) is 0 Å². The van der Waals surface area contributed by atoms with E-state index in [9.17, 15) is 19.2 Å². The van der Waals surface area contributed by atoms with Crippen LogP contribution in [0.15, 0.2) is 18.2 Å². The minimum atomic E-state index is -0.496. The van der Waals surface area contributed by atoms with E-state index in [2.05, 4.69) is 10.9 Å². The largest absolute Gasteiger partial charge is 0.483 e. The van der Waals surface area contributed by atoms with Gasteiger partial charge in [-0.3, -0.25) is 34.9 Å². The second kappa shape index (κ2) is 9.94. The number of nitrogens with zero attached hydrogens (tertiary/aromatic N) is 1. The molecule has 1 saturated heterocycles. The maximum atomic E-state index is 12.4. The Morgan fingerprint density at radius 2 is 1.68 bits per heavy atom. The van der Waals surface area contributed by atoms with Gasteiger partial charge in [-0.15, -0.1) is 0 Å². The molecule has 4 amide bonds. The Hall–Kier alpha value is -2.90. The topological polar surface area (TPSA) is 105 Å². The Morgan fingerprint density at radius 3 is 2.29 bits per heavy atom. The van der Waals surface area contributed by atoms with Crippen molar-refractivity contribution in [1.82, 2.24) is 15.8 Å². The molecule has 2 aliphatic rings. The third-order valence-electron chi connectivity index (χ3n) is 5.99. The van der Waals surface area contributed by atoms with Crippen molar-refractivity contribution in [3.63, 3.8) is 0 Å². The van der Waals surface area contributed by atoms with Crippen molar-refractivity contribution in [2.75, 3.05) is 13.2 Å². The van der Waals surface area contributed by atoms with Gasteiger partial charge in [-0.1, -0.05) is 38.8 Å². The molecule has 1 heterocycles. The van der Waals surface area contributed by atoms with Gasteiger partial charge in [-0.2, -0.15) is 0 Å². The van der Waals surface area contributed by atoms with Gasteiger partial charge in [0, 0.05) is 13.0 Å². The fraction of sp³-hybridized carbons (Fsp3) is 0.565. The third kappa shape index (κ3) is 5.42. The fourth-order valence-electron chi connectivity index (χ4n) is 4.29. The monoisotopic (exact) mass is 429 g/mol. The molecule has 31 heavy (non-hydrogen) atoms. The molecule has 0 radical (unpaired) electrons. The molecule has 8 heteroatoms. The van der Waals surface area contributed by atoms with E-state index < -0.39 is 11.8 Å². The second-order valence-electron chi connectivity index (χ2n) is 8.66. The highest BCUT2D eigenvalue weighted by Gasteiger charge is 2.47. The van der Waals surface area contributed by atoms with Gasteiger partial charge >= 0.3 is 0 Å². The van der Waals surface area contributed by atoms with Gasteiger partial charge in [0.15, 0.2) is 6.61 Å². The van der Waals surface area contributed by atoms with Gasteiger partial charge in [0.1, 0.15) is 5.75 Å². The third-order valence-corrected chi connectivity index (χ3v) is 5.99. The number of rotatable bonds is 7. The number of imide groups is 1. The Bertz CT molecular complexity index is 843. The van der Waals surface area contributed by atoms with Crippen LogP contribution in [0.1, 0.15) is 63.0 Å². The first-order valence-electron chi connectivity index (χ1n) is 10.9. The van der Waals surface area contributed by atoms with E-state index in [0.29, 0.717) is 5.75 Å². The maximum absolute atomic E-state index is 12.4. The number of hydrazine groups is 1. The summed E-state index contributed by atoms with van der Waals surface area (Å²) in [4.78, 5) is 50.2. The zero-order chi connectivity index (χ0) is 22.5. The molecule has 168 valence electrons. The summed E-state index contributed by atoms with van der Waals surface area (Å²) in [6, 6.07) is 5.85. The molecule has 0 unspecified atom stereocenters. The number of hydrogen-bond donors (Lipinski definition) is 2. The average Bonchev–Trinajstić information content (AvgIpc) is 2.99. The Morgan fingerprint density at radius 1 is 1.06 bits per heavy atom. The highest BCUT2D eigenvalue weighted by atomic mass is 16.5. The normalized spacial score (nSPS) is 20.6. The Balaban J connectivity index is 1.42. The number of carbonyl (C=O) groups excluding carboxylic acids is 4. The lowest BCUT2D eigenvalue weighted by Gasteiger charge is -2.19. The van der Waals surface area contributed by atoms with Gasteiger partial charge in [0.25, 0.3) is 5.91 Å². The Kier molecular flexibility index (Phi) is 7.30. The van der Waals surface area contributed by atoms with Crippen LogP contribution in [-0.4, -0.2) is 41.7 Å². The molecule has 0 spiro atoms. The molecule has 1 aromatic carbocycles. The van der Waals surface area contributed by atoms with Crippen LogP contribution >= 0.6 is 0 Å². The van der Waals surface area contributed by atoms with E-state index in [-0.39, 0.29) is 49.1 Å². The maximum Gasteiger partial charge on any atom is 0.276 e. The van der Waals surface area contributed by atoms with Crippen LogP contribution in [-0.2, 0) is 19.2 Å². The summed E-state index contributed by atoms with van der Waals surface area (Å²) < 4.78 is 5.64. The molecule has 1 saturated carbocycles. The second-order valence-corrected chi connectivity index (χ2v) is 8.66. The minimum Gasteiger partial charge on any atom is -0.483 e. The van der Waals surface area contributed by atoms with E-state index in [1.807, 2.05) is 39.0 Å². The summed E-state index contributed by atoms with van der Waals surface area (Å²) in [5.41, 5.74) is 6.66. The van der Waals surface area contributed by atoms with Crippen molar-refractivity contribution in [1.29, 1.82) is 0 Å². The number of ether oxygens (including phenoxy) is 1. The minimum absolute atomic E-state index is 0.0317. The number of carbonyl (C=O) groups is 4. The molecule has 2 N–H and O–H groups in total. The standard InChI is InChI=1S/C23H31N3O5/c1-14(2)16-9-8-15(3)12-19(16)31-13-21(28)25-24-20(27)10-11-26-22(29)17-6-4-5-7-18(17)23(26)30/h8-9,12,14,17-18H,4-7,10-11,13H2,1-3H3,(H,24,27)(H,25,28)/t17-,18-/m1/s1. The number of fused-ring (bicyclic) bond motifs is 1. The lowest BCUT2D eigenvalue weighted by molar-refractivity contribution is -0.140. The predicted octanol–water partition coefficient (Wildman–Crippen LogP) is 2.21. The van der Waals surface area contributed by atoms with Gasteiger partial charge in [0.05, 0.1) is 11.8 Å². The lowest BCUT2D eigenvalue weighted by Crippen LogP contribution is -2.45. The van der Waals surface area contributed by atoms with Crippen LogP contribution in [0.25, 0.3) is 0 Å². The molecule has 8 nitrogen and oxygen atoms in total. The average molecular weight is 430 g/mol. The summed E-state index contributed by atoms with van der Waals surface area (Å²) in [5, 5.41) is 0. The molecule has 1 aromatic rings. The highest BCUT2D eigenvalue weighted by Crippen LogP contribution is 2.37. The molecule has 0 bridgehead atoms. The van der Waals surface area contributed by atoms with E-state index in [1.165, 1.54) is 4.90 Å². The van der Waals surface area contributed by atoms with Crippen LogP contribution in [0.2, 0.25) is 0 Å². The van der Waals surface area contributed by atoms with Gasteiger partial charge < -0.3 is 4.74 Å². The summed E-state index contributed by atoms with van der Waals surface area (Å²) in [6.45, 7) is 5.83. The summed E-state index contributed by atoms with van der Waals surface area (Å²) in [7, 11) is 0. The van der Waals surface area contributed by atoms with Crippen molar-refractivity contribution in [3.8, 4) is 5.75 Å². The fourth-order valence-corrected chi connectivity index (χ4v) is 4.29. The number of likely N-dealkylation sites (tertiary alicyclic amines) is 1. The number of nitrogens with one attached hydrogen (secondary N) is 2. The Labute approximate surface area is 182 Å². The van der Waals surface area contributed by atoms with E-state index >= 15 is 0 Å². The van der Waals surface area contributed by atoms with Crippen LogP contribution in [0.4, 0.5) is 0 Å². The van der Waals surface area contributed by atoms with Crippen molar-refractivity contribution in [3.05, 3.63) is 29.3 Å². The molecule has 1 aliphatic carbocycles. The van der Waals surface area contributed by atoms with Gasteiger partial charge in [-0.05, 0) is 42.9 Å². The highest BCUT2D eigenvalue weighted by molar-refractivity contribution is 6.05. The predicted molar refractivity (Wildman–Crippen MR) is 114 cm³/mol. The number of amides is 4. The van der Waals surface area contributed by atoms with Gasteiger partial charge in [0.2, 0.25) is 17.7 Å². The zero-order valence-corrected chi connectivity index (χ0v) is 18.4. The van der Waals surface area contributed by atoms with Crippen LogP contribution < -0.4 is 15.6 Å². The number of aryl methyl sites for hydroxylation is 1. The van der Waals surface area contributed by atoms with Crippen molar-refractivity contribution >= 4 is 23.6 Å². The first-order chi connectivity index (χ1) is 14.8. The molecular weight excluding hydrogens is 398 g/mol. The van der Waals surface area contributed by atoms with E-state index in [4.69, 9.17) is 4.74 Å². The quantitative estimate of drug-likeness (QED) is 0.511. The molecule has 2 atom stereocenters. The number of benzene rings is 1.